The predicted molar refractivity (Wildman–Crippen MR) is 103 cm³/mol. The van der Waals surface area contributed by atoms with Gasteiger partial charge in [-0.05, 0) is 30.3 Å². The van der Waals surface area contributed by atoms with Crippen molar-refractivity contribution >= 4 is 15.5 Å². The summed E-state index contributed by atoms with van der Waals surface area (Å²) in [7, 11) is -1.90. The summed E-state index contributed by atoms with van der Waals surface area (Å²) in [6.45, 7) is 0. The summed E-state index contributed by atoms with van der Waals surface area (Å²) in [4.78, 5) is 8.92. The molecule has 142 valence electrons. The molecule has 8 heteroatoms. The minimum Gasteiger partial charge on any atom is -0.494 e. The van der Waals surface area contributed by atoms with E-state index in [-0.39, 0.29) is 10.6 Å². The predicted octanol–water partition coefficient (Wildman–Crippen LogP) is 3.61. The first kappa shape index (κ1) is 18.1. The molecule has 0 saturated heterocycles. The summed E-state index contributed by atoms with van der Waals surface area (Å²) < 4.78 is 44.6. The molecule has 28 heavy (non-hydrogen) atoms. The smallest absolute Gasteiger partial charge is 0.175 e. The van der Waals surface area contributed by atoms with E-state index in [0.717, 1.165) is 11.8 Å². The zero-order valence-corrected chi connectivity index (χ0v) is 15.9. The Labute approximate surface area is 161 Å². The van der Waals surface area contributed by atoms with Gasteiger partial charge in [-0.3, -0.25) is 9.38 Å². The number of halogens is 1. The number of hydrogen-bond acceptors (Lipinski definition) is 5. The van der Waals surface area contributed by atoms with E-state index in [2.05, 4.69) is 9.97 Å². The number of nitrogens with zero attached hydrogens (tertiary/aromatic N) is 3. The summed E-state index contributed by atoms with van der Waals surface area (Å²) in [6.07, 6.45) is 6.15. The fourth-order valence-corrected chi connectivity index (χ4v) is 3.69. The van der Waals surface area contributed by atoms with Gasteiger partial charge in [0, 0.05) is 29.8 Å². The Bertz CT molecular complexity index is 1280. The molecule has 0 aliphatic carbocycles. The quantitative estimate of drug-likeness (QED) is 0.526. The van der Waals surface area contributed by atoms with E-state index in [1.807, 2.05) is 4.40 Å². The molecule has 0 radical (unpaired) electrons. The number of benzene rings is 2. The molecule has 0 bridgehead atoms. The molecule has 2 aromatic heterocycles. The number of rotatable bonds is 4. The number of hydrogen-bond donors (Lipinski definition) is 0. The van der Waals surface area contributed by atoms with Crippen molar-refractivity contribution in [3.05, 3.63) is 66.9 Å². The van der Waals surface area contributed by atoms with Crippen LogP contribution in [0, 0.1) is 5.82 Å². The molecule has 0 N–H and O–H groups in total. The second-order valence-corrected chi connectivity index (χ2v) is 8.28. The number of ether oxygens (including phenoxy) is 1. The second-order valence-electron chi connectivity index (χ2n) is 6.26. The van der Waals surface area contributed by atoms with Gasteiger partial charge in [-0.25, -0.2) is 17.8 Å². The summed E-state index contributed by atoms with van der Waals surface area (Å²) in [6, 6.07) is 11.2. The van der Waals surface area contributed by atoms with Crippen LogP contribution in [-0.2, 0) is 9.84 Å². The van der Waals surface area contributed by atoms with E-state index < -0.39 is 15.7 Å². The Balaban J connectivity index is 1.95. The SMILES string of the molecule is COc1ccc(-c2nc3cnccn3c2-c2ccc(S(C)(=O)=O)cc2)cc1F. The van der Waals surface area contributed by atoms with E-state index in [4.69, 9.17) is 4.74 Å². The van der Waals surface area contributed by atoms with Crippen LogP contribution in [0.1, 0.15) is 0 Å². The Kier molecular flexibility index (Phi) is 4.35. The van der Waals surface area contributed by atoms with Crippen molar-refractivity contribution in [2.75, 3.05) is 13.4 Å². The van der Waals surface area contributed by atoms with Gasteiger partial charge < -0.3 is 4.74 Å². The highest BCUT2D eigenvalue weighted by Crippen LogP contribution is 2.34. The number of imidazole rings is 1. The van der Waals surface area contributed by atoms with Gasteiger partial charge in [0.25, 0.3) is 0 Å². The molecule has 0 aliphatic rings. The van der Waals surface area contributed by atoms with E-state index in [1.54, 1.807) is 55.0 Å². The highest BCUT2D eigenvalue weighted by molar-refractivity contribution is 7.90. The normalized spacial score (nSPS) is 11.7. The zero-order chi connectivity index (χ0) is 19.9. The first-order valence-electron chi connectivity index (χ1n) is 8.35. The highest BCUT2D eigenvalue weighted by Gasteiger charge is 2.18. The van der Waals surface area contributed by atoms with Crippen molar-refractivity contribution in [1.82, 2.24) is 14.4 Å². The van der Waals surface area contributed by atoms with Gasteiger partial charge in [-0.2, -0.15) is 0 Å². The third-order valence-corrected chi connectivity index (χ3v) is 5.54. The number of aromatic nitrogens is 3. The fraction of sp³-hybridized carbons (Fsp3) is 0.100. The minimum atomic E-state index is -3.30. The summed E-state index contributed by atoms with van der Waals surface area (Å²) in [5.41, 5.74) is 3.18. The van der Waals surface area contributed by atoms with Crippen molar-refractivity contribution in [3.63, 3.8) is 0 Å². The molecular weight excluding hydrogens is 381 g/mol. The standard InChI is InChI=1S/C20H16FN3O3S/c1-27-17-8-5-14(11-16(17)21)19-20(24-10-9-22-12-18(24)23-19)13-3-6-15(7-4-13)28(2,25)26/h3-12H,1-2H3. The van der Waals surface area contributed by atoms with E-state index in [1.165, 1.54) is 13.2 Å². The Morgan fingerprint density at radius 3 is 2.43 bits per heavy atom. The molecule has 0 amide bonds. The summed E-state index contributed by atoms with van der Waals surface area (Å²) in [5.74, 6) is -0.346. The van der Waals surface area contributed by atoms with Crippen LogP contribution in [0.3, 0.4) is 0 Å². The molecule has 0 spiro atoms. The van der Waals surface area contributed by atoms with Gasteiger partial charge in [0.05, 0.1) is 29.6 Å². The summed E-state index contributed by atoms with van der Waals surface area (Å²) >= 11 is 0. The van der Waals surface area contributed by atoms with E-state index in [0.29, 0.717) is 22.6 Å². The Hall–Kier alpha value is -3.26. The monoisotopic (exact) mass is 397 g/mol. The van der Waals surface area contributed by atoms with Gasteiger partial charge in [-0.15, -0.1) is 0 Å². The molecule has 0 atom stereocenters. The third kappa shape index (κ3) is 3.11. The maximum absolute atomic E-state index is 14.3. The fourth-order valence-electron chi connectivity index (χ4n) is 3.06. The molecule has 2 aromatic carbocycles. The minimum absolute atomic E-state index is 0.147. The average Bonchev–Trinajstić information content (AvgIpc) is 3.07. The Morgan fingerprint density at radius 2 is 1.79 bits per heavy atom. The van der Waals surface area contributed by atoms with Crippen molar-refractivity contribution in [2.24, 2.45) is 0 Å². The number of methoxy groups -OCH3 is 1. The van der Waals surface area contributed by atoms with Crippen LogP contribution in [0.5, 0.6) is 5.75 Å². The lowest BCUT2D eigenvalue weighted by Gasteiger charge is -2.08. The first-order valence-corrected chi connectivity index (χ1v) is 10.2. The van der Waals surface area contributed by atoms with Crippen LogP contribution in [0.15, 0.2) is 66.0 Å². The molecule has 0 fully saturated rings. The summed E-state index contributed by atoms with van der Waals surface area (Å²) in [5, 5.41) is 0. The largest absolute Gasteiger partial charge is 0.494 e. The third-order valence-electron chi connectivity index (χ3n) is 4.41. The molecule has 6 nitrogen and oxygen atoms in total. The maximum atomic E-state index is 14.3. The highest BCUT2D eigenvalue weighted by atomic mass is 32.2. The van der Waals surface area contributed by atoms with E-state index in [9.17, 15) is 12.8 Å². The van der Waals surface area contributed by atoms with Crippen molar-refractivity contribution in [3.8, 4) is 28.3 Å². The van der Waals surface area contributed by atoms with Crippen molar-refractivity contribution < 1.29 is 17.5 Å². The van der Waals surface area contributed by atoms with Crippen LogP contribution in [0.2, 0.25) is 0 Å². The number of fused-ring (bicyclic) bond motifs is 1. The first-order chi connectivity index (χ1) is 13.4. The lowest BCUT2D eigenvalue weighted by atomic mass is 10.0. The zero-order valence-electron chi connectivity index (χ0n) is 15.1. The van der Waals surface area contributed by atoms with Crippen LogP contribution in [0.4, 0.5) is 4.39 Å². The maximum Gasteiger partial charge on any atom is 0.175 e. The lowest BCUT2D eigenvalue weighted by molar-refractivity contribution is 0.386. The molecule has 4 aromatic rings. The molecule has 0 saturated carbocycles. The van der Waals surface area contributed by atoms with Gasteiger partial charge in [0.2, 0.25) is 0 Å². The van der Waals surface area contributed by atoms with Crippen molar-refractivity contribution in [2.45, 2.75) is 4.90 Å². The van der Waals surface area contributed by atoms with Crippen LogP contribution in [-0.4, -0.2) is 36.2 Å². The molecule has 4 rings (SSSR count). The van der Waals surface area contributed by atoms with Gasteiger partial charge in [0.1, 0.15) is 0 Å². The lowest BCUT2D eigenvalue weighted by Crippen LogP contribution is -1.97. The van der Waals surface area contributed by atoms with Crippen molar-refractivity contribution in [1.29, 1.82) is 0 Å². The number of sulfone groups is 1. The van der Waals surface area contributed by atoms with Crippen LogP contribution >= 0.6 is 0 Å². The molecule has 2 heterocycles. The topological polar surface area (TPSA) is 73.6 Å². The van der Waals surface area contributed by atoms with E-state index >= 15 is 0 Å². The molecule has 0 unspecified atom stereocenters. The second kappa shape index (κ2) is 6.72. The van der Waals surface area contributed by atoms with Crippen LogP contribution in [0.25, 0.3) is 28.2 Å². The average molecular weight is 397 g/mol. The Morgan fingerprint density at radius 1 is 1.07 bits per heavy atom. The van der Waals surface area contributed by atoms with Gasteiger partial charge in [0.15, 0.2) is 27.1 Å². The van der Waals surface area contributed by atoms with Crippen LogP contribution < -0.4 is 4.74 Å². The van der Waals surface area contributed by atoms with Gasteiger partial charge >= 0.3 is 0 Å². The molecule has 0 aliphatic heterocycles. The van der Waals surface area contributed by atoms with Gasteiger partial charge in [-0.1, -0.05) is 12.1 Å². The molecular formula is C20H16FN3O3S.